The number of non-ortho nitro benzene ring substituents is 1. The molecule has 2 rings (SSSR count). The number of nitro benzene ring substituents is 1. The van der Waals surface area contributed by atoms with E-state index in [4.69, 9.17) is 12.2 Å². The molecule has 2 aromatic rings. The maximum Gasteiger partial charge on any atom is 0.270 e. The lowest BCUT2D eigenvalue weighted by Crippen LogP contribution is -2.07. The molecule has 15 heavy (non-hydrogen) atoms. The Labute approximate surface area is 87.7 Å². The Morgan fingerprint density at radius 3 is 2.73 bits per heavy atom. The minimum Gasteiger partial charge on any atom is -0.332 e. The topological polar surface area (TPSA) is 91.8 Å². The van der Waals surface area contributed by atoms with Gasteiger partial charge in [-0.2, -0.15) is 0 Å². The van der Waals surface area contributed by atoms with E-state index in [1.165, 1.54) is 18.2 Å². The van der Waals surface area contributed by atoms with Crippen molar-refractivity contribution < 1.29 is 4.92 Å². The highest BCUT2D eigenvalue weighted by Crippen LogP contribution is 2.15. The van der Waals surface area contributed by atoms with E-state index in [0.29, 0.717) is 5.52 Å². The van der Waals surface area contributed by atoms with Crippen molar-refractivity contribution in [2.75, 3.05) is 0 Å². The van der Waals surface area contributed by atoms with E-state index >= 15 is 0 Å². The minimum atomic E-state index is -0.555. The normalized spacial score (nSPS) is 10.4. The highest BCUT2D eigenvalue weighted by molar-refractivity contribution is 7.71. The highest BCUT2D eigenvalue weighted by atomic mass is 32.1. The van der Waals surface area contributed by atoms with E-state index in [0.717, 1.165) is 0 Å². The summed E-state index contributed by atoms with van der Waals surface area (Å²) in [6.07, 6.45) is 0. The van der Waals surface area contributed by atoms with Crippen LogP contribution < -0.4 is 5.56 Å². The van der Waals surface area contributed by atoms with Crippen molar-refractivity contribution in [2.24, 2.45) is 0 Å². The van der Waals surface area contributed by atoms with Crippen LogP contribution in [0.3, 0.4) is 0 Å². The zero-order chi connectivity index (χ0) is 11.0. The standard InChI is InChI=1S/C8H5N3O3S/c12-7-5-3-4(11(13)14)1-2-6(5)9-8(15)10-7/h1-3H,(H2,9,10,12,15). The molecule has 0 spiro atoms. The van der Waals surface area contributed by atoms with Gasteiger partial charge in [-0.05, 0) is 18.3 Å². The van der Waals surface area contributed by atoms with Gasteiger partial charge in [-0.25, -0.2) is 0 Å². The van der Waals surface area contributed by atoms with Crippen molar-refractivity contribution in [2.45, 2.75) is 0 Å². The number of H-pyrrole nitrogens is 2. The summed E-state index contributed by atoms with van der Waals surface area (Å²) in [5.41, 5.74) is -0.0784. The fourth-order valence-electron chi connectivity index (χ4n) is 1.27. The summed E-state index contributed by atoms with van der Waals surface area (Å²) in [7, 11) is 0. The van der Waals surface area contributed by atoms with Gasteiger partial charge in [-0.1, -0.05) is 0 Å². The lowest BCUT2D eigenvalue weighted by molar-refractivity contribution is -0.384. The summed E-state index contributed by atoms with van der Waals surface area (Å²) in [6.45, 7) is 0. The fourth-order valence-corrected chi connectivity index (χ4v) is 1.47. The van der Waals surface area contributed by atoms with Gasteiger partial charge in [0, 0.05) is 12.1 Å². The number of aromatic nitrogens is 2. The predicted molar refractivity (Wildman–Crippen MR) is 56.4 cm³/mol. The Bertz CT molecular complexity index is 658. The van der Waals surface area contributed by atoms with Crippen molar-refractivity contribution in [3.05, 3.63) is 43.4 Å². The second kappa shape index (κ2) is 3.28. The quantitative estimate of drug-likeness (QED) is 0.435. The molecule has 76 valence electrons. The Morgan fingerprint density at radius 2 is 2.07 bits per heavy atom. The second-order valence-corrected chi connectivity index (χ2v) is 3.30. The van der Waals surface area contributed by atoms with Crippen LogP contribution in [0.2, 0.25) is 0 Å². The molecule has 0 amide bonds. The van der Waals surface area contributed by atoms with Gasteiger partial charge in [-0.15, -0.1) is 0 Å². The number of fused-ring (bicyclic) bond motifs is 1. The van der Waals surface area contributed by atoms with Crippen LogP contribution in [-0.4, -0.2) is 14.9 Å². The third kappa shape index (κ3) is 1.64. The largest absolute Gasteiger partial charge is 0.332 e. The first kappa shape index (κ1) is 9.53. The van der Waals surface area contributed by atoms with Crippen LogP contribution in [0.25, 0.3) is 10.9 Å². The molecular formula is C8H5N3O3S. The summed E-state index contributed by atoms with van der Waals surface area (Å²) in [5, 5.41) is 10.7. The molecule has 0 fully saturated rings. The molecule has 0 saturated carbocycles. The zero-order valence-electron chi connectivity index (χ0n) is 7.31. The van der Waals surface area contributed by atoms with Gasteiger partial charge in [0.05, 0.1) is 15.8 Å². The molecular weight excluding hydrogens is 218 g/mol. The van der Waals surface area contributed by atoms with Crippen LogP contribution in [0.15, 0.2) is 23.0 Å². The number of nitrogens with one attached hydrogen (secondary N) is 2. The monoisotopic (exact) mass is 223 g/mol. The van der Waals surface area contributed by atoms with Gasteiger partial charge in [-0.3, -0.25) is 19.9 Å². The summed E-state index contributed by atoms with van der Waals surface area (Å²) >= 11 is 4.77. The Kier molecular flexibility index (Phi) is 2.09. The van der Waals surface area contributed by atoms with Crippen molar-refractivity contribution in [1.29, 1.82) is 0 Å². The van der Waals surface area contributed by atoms with Gasteiger partial charge in [0.1, 0.15) is 0 Å². The smallest absolute Gasteiger partial charge is 0.270 e. The molecule has 7 heteroatoms. The summed E-state index contributed by atoms with van der Waals surface area (Å²) < 4.78 is 0.196. The maximum atomic E-state index is 11.4. The van der Waals surface area contributed by atoms with Crippen LogP contribution in [-0.2, 0) is 0 Å². The van der Waals surface area contributed by atoms with Crippen LogP contribution in [0.5, 0.6) is 0 Å². The number of rotatable bonds is 1. The average molecular weight is 223 g/mol. The second-order valence-electron chi connectivity index (χ2n) is 2.90. The number of hydrogen-bond acceptors (Lipinski definition) is 4. The molecule has 1 aromatic carbocycles. The molecule has 0 bridgehead atoms. The molecule has 0 aliphatic rings. The van der Waals surface area contributed by atoms with Crippen molar-refractivity contribution in [1.82, 2.24) is 9.97 Å². The molecule has 0 unspecified atom stereocenters. The summed E-state index contributed by atoms with van der Waals surface area (Å²) in [6, 6.07) is 3.98. The van der Waals surface area contributed by atoms with Crippen LogP contribution in [0.1, 0.15) is 0 Å². The van der Waals surface area contributed by atoms with Crippen LogP contribution in [0.4, 0.5) is 5.69 Å². The van der Waals surface area contributed by atoms with E-state index in [2.05, 4.69) is 9.97 Å². The lowest BCUT2D eigenvalue weighted by atomic mass is 10.2. The SMILES string of the molecule is O=c1[nH]c(=S)[nH]c2ccc([N+](=O)[O-])cc12. The number of nitro groups is 1. The third-order valence-corrected chi connectivity index (χ3v) is 2.14. The molecule has 1 aromatic heterocycles. The first-order valence-corrected chi connectivity index (χ1v) is 4.39. The first-order valence-electron chi connectivity index (χ1n) is 3.99. The first-order chi connectivity index (χ1) is 7.08. The van der Waals surface area contributed by atoms with E-state index in [1.807, 2.05) is 0 Å². The maximum absolute atomic E-state index is 11.4. The minimum absolute atomic E-state index is 0.126. The van der Waals surface area contributed by atoms with E-state index in [9.17, 15) is 14.9 Å². The molecule has 0 aliphatic carbocycles. The van der Waals surface area contributed by atoms with E-state index in [-0.39, 0.29) is 15.8 Å². The highest BCUT2D eigenvalue weighted by Gasteiger charge is 2.08. The zero-order valence-corrected chi connectivity index (χ0v) is 8.13. The lowest BCUT2D eigenvalue weighted by Gasteiger charge is -1.96. The van der Waals surface area contributed by atoms with Crippen molar-refractivity contribution >= 4 is 28.8 Å². The molecule has 0 saturated heterocycles. The number of benzene rings is 1. The van der Waals surface area contributed by atoms with Crippen molar-refractivity contribution in [3.8, 4) is 0 Å². The van der Waals surface area contributed by atoms with Gasteiger partial charge in [0.2, 0.25) is 0 Å². The molecule has 0 aliphatic heterocycles. The number of nitrogens with zero attached hydrogens (tertiary/aromatic N) is 1. The Hall–Kier alpha value is -2.02. The average Bonchev–Trinajstić information content (AvgIpc) is 2.16. The Morgan fingerprint density at radius 1 is 1.33 bits per heavy atom. The number of aromatic amines is 2. The van der Waals surface area contributed by atoms with Gasteiger partial charge >= 0.3 is 0 Å². The van der Waals surface area contributed by atoms with Gasteiger partial charge in [0.15, 0.2) is 4.77 Å². The van der Waals surface area contributed by atoms with E-state index in [1.54, 1.807) is 0 Å². The number of hydrogen-bond donors (Lipinski definition) is 2. The Balaban J connectivity index is 2.89. The predicted octanol–water partition coefficient (Wildman–Crippen LogP) is 1.49. The molecule has 0 radical (unpaired) electrons. The molecule has 2 N–H and O–H groups in total. The summed E-state index contributed by atoms with van der Waals surface area (Å²) in [5.74, 6) is 0. The molecule has 0 atom stereocenters. The van der Waals surface area contributed by atoms with E-state index < -0.39 is 10.5 Å². The van der Waals surface area contributed by atoms with Crippen LogP contribution >= 0.6 is 12.2 Å². The van der Waals surface area contributed by atoms with Gasteiger partial charge < -0.3 is 4.98 Å². The molecule has 6 nitrogen and oxygen atoms in total. The molecule has 1 heterocycles. The summed E-state index contributed by atoms with van der Waals surface area (Å²) in [4.78, 5) is 26.4. The fraction of sp³-hybridized carbons (Fsp3) is 0. The van der Waals surface area contributed by atoms with Gasteiger partial charge in [0.25, 0.3) is 11.2 Å². The van der Waals surface area contributed by atoms with Crippen LogP contribution in [0, 0.1) is 14.9 Å². The third-order valence-electron chi connectivity index (χ3n) is 1.93. The van der Waals surface area contributed by atoms with Crippen molar-refractivity contribution in [3.63, 3.8) is 0 Å².